The van der Waals surface area contributed by atoms with E-state index in [2.05, 4.69) is 36.8 Å². The van der Waals surface area contributed by atoms with Crippen LogP contribution in [0.25, 0.3) is 11.4 Å². The van der Waals surface area contributed by atoms with Crippen molar-refractivity contribution in [2.45, 2.75) is 20.8 Å². The lowest BCUT2D eigenvalue weighted by Crippen LogP contribution is -1.93. The molecule has 2 heteroatoms. The maximum atomic E-state index is 4.39. The van der Waals surface area contributed by atoms with Crippen LogP contribution in [0, 0.1) is 20.8 Å². The molecular weight excluding hydrogens is 184 g/mol. The van der Waals surface area contributed by atoms with Crippen molar-refractivity contribution in [1.82, 2.24) is 9.97 Å². The van der Waals surface area contributed by atoms with Crippen molar-refractivity contribution >= 4 is 0 Å². The van der Waals surface area contributed by atoms with Crippen LogP contribution in [0.3, 0.4) is 0 Å². The summed E-state index contributed by atoms with van der Waals surface area (Å²) >= 11 is 0. The Bertz CT molecular complexity index is 490. The van der Waals surface area contributed by atoms with Gasteiger partial charge in [0.15, 0.2) is 0 Å². The third-order valence-electron chi connectivity index (χ3n) is 2.63. The van der Waals surface area contributed by atoms with E-state index in [4.69, 9.17) is 0 Å². The minimum Gasteiger partial charge on any atom is -0.255 e. The first-order chi connectivity index (χ1) is 7.18. The molecule has 0 bridgehead atoms. The summed E-state index contributed by atoms with van der Waals surface area (Å²) in [5.74, 6) is 0. The molecule has 2 aromatic rings. The van der Waals surface area contributed by atoms with Crippen molar-refractivity contribution in [2.75, 3.05) is 0 Å². The Balaban J connectivity index is 2.59. The van der Waals surface area contributed by atoms with E-state index in [9.17, 15) is 0 Å². The van der Waals surface area contributed by atoms with Crippen LogP contribution in [0.5, 0.6) is 0 Å². The van der Waals surface area contributed by atoms with Crippen LogP contribution in [0.2, 0.25) is 0 Å². The molecule has 0 unspecified atom stereocenters. The van der Waals surface area contributed by atoms with Gasteiger partial charge in [-0.2, -0.15) is 0 Å². The third kappa shape index (κ3) is 1.89. The van der Waals surface area contributed by atoms with Gasteiger partial charge in [0, 0.05) is 12.4 Å². The number of aryl methyl sites for hydroxylation is 2. The van der Waals surface area contributed by atoms with Crippen molar-refractivity contribution in [3.8, 4) is 11.4 Å². The number of rotatable bonds is 1. The Hall–Kier alpha value is -1.70. The molecule has 0 aliphatic rings. The Morgan fingerprint density at radius 3 is 2.40 bits per heavy atom. The standard InChI is InChI=1S/C13H14N2/c1-9-4-6-14-12(8-9)13-11(3)10(2)5-7-15-13/h4-8H,1-3H3. The molecule has 0 radical (unpaired) electrons. The van der Waals surface area contributed by atoms with Gasteiger partial charge in [-0.3, -0.25) is 9.97 Å². The molecule has 0 saturated heterocycles. The number of hydrogen-bond acceptors (Lipinski definition) is 2. The molecule has 2 nitrogen and oxygen atoms in total. The summed E-state index contributed by atoms with van der Waals surface area (Å²) in [5, 5.41) is 0. The second-order valence-corrected chi connectivity index (χ2v) is 3.82. The van der Waals surface area contributed by atoms with Crippen LogP contribution in [0.15, 0.2) is 30.6 Å². The normalized spacial score (nSPS) is 10.3. The fraction of sp³-hybridized carbons (Fsp3) is 0.231. The van der Waals surface area contributed by atoms with Crippen LogP contribution in [-0.4, -0.2) is 9.97 Å². The summed E-state index contributed by atoms with van der Waals surface area (Å²) < 4.78 is 0. The van der Waals surface area contributed by atoms with Crippen molar-refractivity contribution in [1.29, 1.82) is 0 Å². The van der Waals surface area contributed by atoms with Gasteiger partial charge in [0.05, 0.1) is 11.4 Å². The lowest BCUT2D eigenvalue weighted by atomic mass is 10.1. The summed E-state index contributed by atoms with van der Waals surface area (Å²) in [5.41, 5.74) is 5.61. The smallest absolute Gasteiger partial charge is 0.0917 e. The molecule has 0 spiro atoms. The quantitative estimate of drug-likeness (QED) is 0.703. The Morgan fingerprint density at radius 2 is 1.67 bits per heavy atom. The van der Waals surface area contributed by atoms with Gasteiger partial charge < -0.3 is 0 Å². The van der Waals surface area contributed by atoms with E-state index >= 15 is 0 Å². The Morgan fingerprint density at radius 1 is 0.933 bits per heavy atom. The van der Waals surface area contributed by atoms with Gasteiger partial charge in [-0.25, -0.2) is 0 Å². The number of aromatic nitrogens is 2. The van der Waals surface area contributed by atoms with Gasteiger partial charge in [-0.15, -0.1) is 0 Å². The zero-order valence-corrected chi connectivity index (χ0v) is 9.28. The zero-order chi connectivity index (χ0) is 10.8. The van der Waals surface area contributed by atoms with Crippen molar-refractivity contribution in [3.63, 3.8) is 0 Å². The first-order valence-corrected chi connectivity index (χ1v) is 5.03. The second kappa shape index (κ2) is 3.81. The monoisotopic (exact) mass is 198 g/mol. The first-order valence-electron chi connectivity index (χ1n) is 5.03. The van der Waals surface area contributed by atoms with Crippen molar-refractivity contribution < 1.29 is 0 Å². The van der Waals surface area contributed by atoms with Gasteiger partial charge in [-0.1, -0.05) is 0 Å². The molecule has 76 valence electrons. The van der Waals surface area contributed by atoms with E-state index in [0.717, 1.165) is 11.4 Å². The molecule has 0 fully saturated rings. The molecule has 0 amide bonds. The topological polar surface area (TPSA) is 25.8 Å². The molecular formula is C13H14N2. The average molecular weight is 198 g/mol. The molecule has 0 N–H and O–H groups in total. The van der Waals surface area contributed by atoms with Gasteiger partial charge in [0.25, 0.3) is 0 Å². The average Bonchev–Trinajstić information content (AvgIpc) is 2.22. The molecule has 0 aliphatic heterocycles. The maximum absolute atomic E-state index is 4.39. The predicted octanol–water partition coefficient (Wildman–Crippen LogP) is 3.07. The number of pyridine rings is 2. The van der Waals surface area contributed by atoms with Crippen LogP contribution < -0.4 is 0 Å². The molecule has 0 aromatic carbocycles. The van der Waals surface area contributed by atoms with E-state index in [-0.39, 0.29) is 0 Å². The second-order valence-electron chi connectivity index (χ2n) is 3.82. The highest BCUT2D eigenvalue weighted by molar-refractivity contribution is 5.60. The lowest BCUT2D eigenvalue weighted by molar-refractivity contribution is 1.17. The summed E-state index contributed by atoms with van der Waals surface area (Å²) in [4.78, 5) is 8.74. The molecule has 2 aromatic heterocycles. The Labute approximate surface area is 90.0 Å². The molecule has 15 heavy (non-hydrogen) atoms. The SMILES string of the molecule is Cc1ccnc(-c2nccc(C)c2C)c1. The molecule has 2 heterocycles. The van der Waals surface area contributed by atoms with Crippen LogP contribution >= 0.6 is 0 Å². The van der Waals surface area contributed by atoms with E-state index in [1.165, 1.54) is 16.7 Å². The highest BCUT2D eigenvalue weighted by atomic mass is 14.8. The highest BCUT2D eigenvalue weighted by Crippen LogP contribution is 2.21. The summed E-state index contributed by atoms with van der Waals surface area (Å²) in [7, 11) is 0. The third-order valence-corrected chi connectivity index (χ3v) is 2.63. The predicted molar refractivity (Wildman–Crippen MR) is 61.7 cm³/mol. The van der Waals surface area contributed by atoms with Crippen molar-refractivity contribution in [2.24, 2.45) is 0 Å². The fourth-order valence-electron chi connectivity index (χ4n) is 1.56. The molecule has 2 rings (SSSR count). The van der Waals surface area contributed by atoms with E-state index in [0.29, 0.717) is 0 Å². The summed E-state index contributed by atoms with van der Waals surface area (Å²) in [6.45, 7) is 6.24. The Kier molecular flexibility index (Phi) is 2.50. The largest absolute Gasteiger partial charge is 0.255 e. The van der Waals surface area contributed by atoms with Gasteiger partial charge >= 0.3 is 0 Å². The number of nitrogens with zero attached hydrogens (tertiary/aromatic N) is 2. The summed E-state index contributed by atoms with van der Waals surface area (Å²) in [6.07, 6.45) is 3.66. The van der Waals surface area contributed by atoms with E-state index < -0.39 is 0 Å². The fourth-order valence-corrected chi connectivity index (χ4v) is 1.56. The molecule has 0 aliphatic carbocycles. The van der Waals surface area contributed by atoms with Gasteiger partial charge in [0.1, 0.15) is 0 Å². The molecule has 0 saturated carbocycles. The summed E-state index contributed by atoms with van der Waals surface area (Å²) in [6, 6.07) is 6.08. The number of hydrogen-bond donors (Lipinski definition) is 0. The van der Waals surface area contributed by atoms with Crippen LogP contribution in [0.4, 0.5) is 0 Å². The van der Waals surface area contributed by atoms with Gasteiger partial charge in [0.2, 0.25) is 0 Å². The lowest BCUT2D eigenvalue weighted by Gasteiger charge is -2.06. The minimum absolute atomic E-state index is 0.955. The first kappa shape index (κ1) is 9.84. The zero-order valence-electron chi connectivity index (χ0n) is 9.28. The van der Waals surface area contributed by atoms with E-state index in [1.807, 2.05) is 24.5 Å². The highest BCUT2D eigenvalue weighted by Gasteiger charge is 2.06. The van der Waals surface area contributed by atoms with Gasteiger partial charge in [-0.05, 0) is 55.7 Å². The van der Waals surface area contributed by atoms with E-state index in [1.54, 1.807) is 0 Å². The van der Waals surface area contributed by atoms with Crippen LogP contribution in [0.1, 0.15) is 16.7 Å². The van der Waals surface area contributed by atoms with Crippen LogP contribution in [-0.2, 0) is 0 Å². The molecule has 0 atom stereocenters. The maximum Gasteiger partial charge on any atom is 0.0917 e. The minimum atomic E-state index is 0.955. The van der Waals surface area contributed by atoms with Crippen molar-refractivity contribution in [3.05, 3.63) is 47.3 Å².